The largest absolute Gasteiger partial charge is 0.464 e. The van der Waals surface area contributed by atoms with Gasteiger partial charge in [-0.05, 0) is 50.2 Å². The molecule has 2 atom stereocenters. The van der Waals surface area contributed by atoms with Gasteiger partial charge in [0, 0.05) is 13.3 Å². The van der Waals surface area contributed by atoms with Crippen LogP contribution in [0.4, 0.5) is 0 Å². The SMILES string of the molecule is CCCCCCCC(C)c1ccc(CCC(CC2(C)OCO2)(NC(C)=O)C(=O)OCC)cc1. The molecule has 1 amide bonds. The number of hydrogen-bond donors (Lipinski definition) is 1. The fourth-order valence-electron chi connectivity index (χ4n) is 4.53. The summed E-state index contributed by atoms with van der Waals surface area (Å²) in [4.78, 5) is 25.0. The van der Waals surface area contributed by atoms with E-state index in [4.69, 9.17) is 14.2 Å². The van der Waals surface area contributed by atoms with Gasteiger partial charge in [0.05, 0.1) is 6.61 Å². The number of esters is 1. The lowest BCUT2D eigenvalue weighted by Crippen LogP contribution is -2.61. The van der Waals surface area contributed by atoms with Crippen LogP contribution >= 0.6 is 0 Å². The molecule has 0 radical (unpaired) electrons. The second-order valence-electron chi connectivity index (χ2n) is 9.55. The van der Waals surface area contributed by atoms with Crippen LogP contribution in [0.5, 0.6) is 0 Å². The van der Waals surface area contributed by atoms with E-state index >= 15 is 0 Å². The lowest BCUT2D eigenvalue weighted by atomic mass is 9.83. The highest BCUT2D eigenvalue weighted by Crippen LogP contribution is 2.35. The van der Waals surface area contributed by atoms with Gasteiger partial charge in [-0.25, -0.2) is 4.79 Å². The van der Waals surface area contributed by atoms with Gasteiger partial charge in [-0.3, -0.25) is 4.79 Å². The Kier molecular flexibility index (Phi) is 10.8. The first-order chi connectivity index (χ1) is 15.7. The number of amides is 1. The Morgan fingerprint density at radius 2 is 1.79 bits per heavy atom. The first-order valence-corrected chi connectivity index (χ1v) is 12.6. The summed E-state index contributed by atoms with van der Waals surface area (Å²) in [6.45, 7) is 9.92. The molecule has 186 valence electrons. The maximum Gasteiger partial charge on any atom is 0.332 e. The van der Waals surface area contributed by atoms with Gasteiger partial charge in [0.25, 0.3) is 0 Å². The van der Waals surface area contributed by atoms with Crippen LogP contribution in [-0.4, -0.2) is 36.6 Å². The van der Waals surface area contributed by atoms with Crippen molar-refractivity contribution in [2.45, 2.75) is 110 Å². The number of ether oxygens (including phenoxy) is 3. The van der Waals surface area contributed by atoms with Crippen LogP contribution in [0.1, 0.15) is 103 Å². The van der Waals surface area contributed by atoms with E-state index in [1.165, 1.54) is 51.0 Å². The minimum atomic E-state index is -1.21. The van der Waals surface area contributed by atoms with Crippen LogP contribution < -0.4 is 5.32 Å². The van der Waals surface area contributed by atoms with E-state index in [0.29, 0.717) is 18.8 Å². The van der Waals surface area contributed by atoms with E-state index in [1.807, 2.05) is 0 Å². The average Bonchev–Trinajstić information content (AvgIpc) is 2.76. The third kappa shape index (κ3) is 8.42. The molecule has 1 aromatic rings. The van der Waals surface area contributed by atoms with Gasteiger partial charge < -0.3 is 19.5 Å². The summed E-state index contributed by atoms with van der Waals surface area (Å²) in [5.74, 6) is -1.11. The monoisotopic (exact) mass is 461 g/mol. The Balaban J connectivity index is 2.04. The zero-order chi connectivity index (χ0) is 24.3. The number of rotatable bonds is 15. The first kappa shape index (κ1) is 27.3. The van der Waals surface area contributed by atoms with Crippen LogP contribution in [0.3, 0.4) is 0 Å². The standard InChI is InChI=1S/C27H43NO5/c1-6-8-9-10-11-12-21(3)24-15-13-23(14-16-24)17-18-27(28-22(4)29,25(30)31-7-2)19-26(5)32-20-33-26/h13-16,21H,6-12,17-20H2,1-5H3,(H,28,29). The molecule has 0 bridgehead atoms. The normalized spacial score (nSPS) is 17.5. The van der Waals surface area contributed by atoms with Gasteiger partial charge in [-0.1, -0.05) is 70.2 Å². The molecule has 2 unspecified atom stereocenters. The Hall–Kier alpha value is -1.92. The predicted octanol–water partition coefficient (Wildman–Crippen LogP) is 5.63. The summed E-state index contributed by atoms with van der Waals surface area (Å²) in [7, 11) is 0. The summed E-state index contributed by atoms with van der Waals surface area (Å²) in [6.07, 6.45) is 8.94. The van der Waals surface area contributed by atoms with E-state index in [2.05, 4.69) is 43.4 Å². The van der Waals surface area contributed by atoms with Crippen molar-refractivity contribution in [1.82, 2.24) is 5.32 Å². The maximum atomic E-state index is 13.0. The topological polar surface area (TPSA) is 73.9 Å². The zero-order valence-electron chi connectivity index (χ0n) is 21.2. The highest BCUT2D eigenvalue weighted by molar-refractivity contribution is 5.87. The van der Waals surface area contributed by atoms with Gasteiger partial charge in [0.1, 0.15) is 5.54 Å². The Morgan fingerprint density at radius 1 is 1.12 bits per heavy atom. The molecule has 1 N–H and O–H groups in total. The van der Waals surface area contributed by atoms with Crippen LogP contribution in [0.15, 0.2) is 24.3 Å². The number of nitrogens with one attached hydrogen (secondary N) is 1. The second kappa shape index (κ2) is 13.1. The number of hydrogen-bond acceptors (Lipinski definition) is 5. The van der Waals surface area contributed by atoms with Gasteiger partial charge in [0.15, 0.2) is 12.6 Å². The smallest absolute Gasteiger partial charge is 0.332 e. The highest BCUT2D eigenvalue weighted by atomic mass is 16.9. The lowest BCUT2D eigenvalue weighted by molar-refractivity contribution is -0.394. The number of benzene rings is 1. The Labute approximate surface area is 199 Å². The van der Waals surface area contributed by atoms with Crippen molar-refractivity contribution >= 4 is 11.9 Å². The molecule has 0 aliphatic carbocycles. The van der Waals surface area contributed by atoms with Crippen molar-refractivity contribution in [2.75, 3.05) is 13.4 Å². The molecule has 1 aliphatic rings. The van der Waals surface area contributed by atoms with Crippen LogP contribution in [0, 0.1) is 0 Å². The van der Waals surface area contributed by atoms with E-state index in [9.17, 15) is 9.59 Å². The second-order valence-corrected chi connectivity index (χ2v) is 9.55. The number of aryl methyl sites for hydroxylation is 1. The molecule has 1 fully saturated rings. The molecule has 6 heteroatoms. The highest BCUT2D eigenvalue weighted by Gasteiger charge is 2.50. The van der Waals surface area contributed by atoms with Crippen molar-refractivity contribution in [3.05, 3.63) is 35.4 Å². The zero-order valence-corrected chi connectivity index (χ0v) is 21.2. The summed E-state index contributed by atoms with van der Waals surface area (Å²) in [5.41, 5.74) is 1.26. The molecule has 1 heterocycles. The maximum absolute atomic E-state index is 13.0. The van der Waals surface area contributed by atoms with Crippen molar-refractivity contribution < 1.29 is 23.8 Å². The molecular weight excluding hydrogens is 418 g/mol. The lowest BCUT2D eigenvalue weighted by Gasteiger charge is -2.44. The van der Waals surface area contributed by atoms with Gasteiger partial charge in [0.2, 0.25) is 5.91 Å². The molecule has 0 saturated carbocycles. The first-order valence-electron chi connectivity index (χ1n) is 12.6. The van der Waals surface area contributed by atoms with E-state index < -0.39 is 17.3 Å². The van der Waals surface area contributed by atoms with Gasteiger partial charge in [-0.2, -0.15) is 0 Å². The number of carbonyl (C=O) groups is 2. The fraction of sp³-hybridized carbons (Fsp3) is 0.704. The molecule has 0 aromatic heterocycles. The summed E-state index contributed by atoms with van der Waals surface area (Å²) >= 11 is 0. The molecule has 6 nitrogen and oxygen atoms in total. The molecule has 1 saturated heterocycles. The van der Waals surface area contributed by atoms with Crippen molar-refractivity contribution in [3.8, 4) is 0 Å². The summed E-state index contributed by atoms with van der Waals surface area (Å²) in [6, 6.07) is 8.64. The number of unbranched alkanes of at least 4 members (excludes halogenated alkanes) is 4. The number of carbonyl (C=O) groups excluding carboxylic acids is 2. The van der Waals surface area contributed by atoms with Gasteiger partial charge in [-0.15, -0.1) is 0 Å². The minimum Gasteiger partial charge on any atom is -0.464 e. The summed E-state index contributed by atoms with van der Waals surface area (Å²) < 4.78 is 16.5. The fourth-order valence-corrected chi connectivity index (χ4v) is 4.53. The third-order valence-corrected chi connectivity index (χ3v) is 6.56. The minimum absolute atomic E-state index is 0.188. The van der Waals surface area contributed by atoms with Crippen molar-refractivity contribution in [3.63, 3.8) is 0 Å². The molecule has 1 aromatic carbocycles. The Bertz CT molecular complexity index is 743. The van der Waals surface area contributed by atoms with Crippen LogP contribution in [-0.2, 0) is 30.2 Å². The molecular formula is C27H43NO5. The van der Waals surface area contributed by atoms with Crippen LogP contribution in [0.2, 0.25) is 0 Å². The predicted molar refractivity (Wildman–Crippen MR) is 130 cm³/mol. The third-order valence-electron chi connectivity index (χ3n) is 6.56. The van der Waals surface area contributed by atoms with Gasteiger partial charge >= 0.3 is 5.97 Å². The van der Waals surface area contributed by atoms with E-state index in [-0.39, 0.29) is 25.7 Å². The Morgan fingerprint density at radius 3 is 2.33 bits per heavy atom. The van der Waals surface area contributed by atoms with E-state index in [0.717, 1.165) is 5.56 Å². The molecule has 2 rings (SSSR count). The molecule has 0 spiro atoms. The molecule has 33 heavy (non-hydrogen) atoms. The van der Waals surface area contributed by atoms with Crippen molar-refractivity contribution in [2.24, 2.45) is 0 Å². The van der Waals surface area contributed by atoms with E-state index in [1.54, 1.807) is 13.8 Å². The average molecular weight is 462 g/mol. The molecule has 1 aliphatic heterocycles. The van der Waals surface area contributed by atoms with Crippen molar-refractivity contribution in [1.29, 1.82) is 0 Å². The van der Waals surface area contributed by atoms with Crippen LogP contribution in [0.25, 0.3) is 0 Å². The summed E-state index contributed by atoms with van der Waals surface area (Å²) in [5, 5.41) is 2.87. The quantitative estimate of drug-likeness (QED) is 0.271.